The van der Waals surface area contributed by atoms with Gasteiger partial charge in [0.2, 0.25) is 5.91 Å². The molecule has 3 heterocycles. The van der Waals surface area contributed by atoms with Crippen molar-refractivity contribution in [3.05, 3.63) is 46.8 Å². The standard InChI is InChI=1S/C23H26Cl2N6O/c24-15-9-16(25)11-18(10-15)29-20(8-14-3-4-14)23(32)30-17-2-1-7-31(12-17)22-19-5-6-26-21(19)27-13-28-22/h5-6,9-11,13-14,17,20,29H,1-4,7-8,12H2,(H,30,32)(H,26,27,28)/t17?,20-/m1/s1. The maximum Gasteiger partial charge on any atom is 0.242 e. The maximum atomic E-state index is 13.3. The van der Waals surface area contributed by atoms with Crippen LogP contribution in [-0.2, 0) is 4.79 Å². The van der Waals surface area contributed by atoms with Crippen molar-refractivity contribution in [1.82, 2.24) is 20.3 Å². The highest BCUT2D eigenvalue weighted by molar-refractivity contribution is 6.35. The molecule has 1 aliphatic heterocycles. The molecule has 1 aromatic carbocycles. The summed E-state index contributed by atoms with van der Waals surface area (Å²) in [5.74, 6) is 1.53. The molecule has 1 saturated heterocycles. The fourth-order valence-electron chi connectivity index (χ4n) is 4.46. The summed E-state index contributed by atoms with van der Waals surface area (Å²) in [5.41, 5.74) is 1.60. The SMILES string of the molecule is O=C(NC1CCCN(c2ncnc3[nH]ccc23)C1)[C@@H](CC1CC1)Nc1cc(Cl)cc(Cl)c1. The molecule has 1 aliphatic carbocycles. The molecule has 2 aromatic heterocycles. The predicted molar refractivity (Wildman–Crippen MR) is 128 cm³/mol. The van der Waals surface area contributed by atoms with Gasteiger partial charge in [0.1, 0.15) is 23.8 Å². The number of piperidine rings is 1. The summed E-state index contributed by atoms with van der Waals surface area (Å²) in [5, 5.41) is 8.75. The Bertz CT molecular complexity index is 1090. The second kappa shape index (κ2) is 9.16. The van der Waals surface area contributed by atoms with Crippen molar-refractivity contribution < 1.29 is 4.79 Å². The highest BCUT2D eigenvalue weighted by Gasteiger charge is 2.31. The Balaban J connectivity index is 1.27. The average molecular weight is 473 g/mol. The topological polar surface area (TPSA) is 85.9 Å². The van der Waals surface area contributed by atoms with Crippen LogP contribution in [0.25, 0.3) is 11.0 Å². The van der Waals surface area contributed by atoms with Gasteiger partial charge in [0.25, 0.3) is 0 Å². The van der Waals surface area contributed by atoms with Crippen molar-refractivity contribution in [3.8, 4) is 0 Å². The molecule has 1 amide bonds. The van der Waals surface area contributed by atoms with Gasteiger partial charge in [0.15, 0.2) is 0 Å². The van der Waals surface area contributed by atoms with Gasteiger partial charge in [-0.3, -0.25) is 4.79 Å². The Morgan fingerprint density at radius 3 is 2.78 bits per heavy atom. The molecule has 1 saturated carbocycles. The Kier molecular flexibility index (Phi) is 6.11. The number of hydrogen-bond acceptors (Lipinski definition) is 5. The van der Waals surface area contributed by atoms with Crippen LogP contribution in [0.15, 0.2) is 36.8 Å². The molecule has 1 unspecified atom stereocenters. The van der Waals surface area contributed by atoms with E-state index in [1.54, 1.807) is 24.5 Å². The number of halogens is 2. The Labute approximate surface area is 196 Å². The van der Waals surface area contributed by atoms with Crippen LogP contribution in [0.4, 0.5) is 11.5 Å². The molecule has 32 heavy (non-hydrogen) atoms. The van der Waals surface area contributed by atoms with Crippen molar-refractivity contribution in [3.63, 3.8) is 0 Å². The van der Waals surface area contributed by atoms with E-state index >= 15 is 0 Å². The summed E-state index contributed by atoms with van der Waals surface area (Å²) < 4.78 is 0. The first-order chi connectivity index (χ1) is 15.5. The highest BCUT2D eigenvalue weighted by atomic mass is 35.5. The van der Waals surface area contributed by atoms with Gasteiger partial charge in [-0.05, 0) is 49.4 Å². The largest absolute Gasteiger partial charge is 0.374 e. The molecule has 2 fully saturated rings. The number of aromatic nitrogens is 3. The van der Waals surface area contributed by atoms with E-state index < -0.39 is 0 Å². The molecule has 5 rings (SSSR count). The number of nitrogens with zero attached hydrogens (tertiary/aromatic N) is 3. The van der Waals surface area contributed by atoms with Crippen LogP contribution >= 0.6 is 23.2 Å². The van der Waals surface area contributed by atoms with Gasteiger partial charge in [-0.15, -0.1) is 0 Å². The molecule has 168 valence electrons. The molecule has 7 nitrogen and oxygen atoms in total. The van der Waals surface area contributed by atoms with Crippen LogP contribution in [0.1, 0.15) is 32.1 Å². The van der Waals surface area contributed by atoms with Crippen molar-refractivity contribution in [2.24, 2.45) is 5.92 Å². The minimum Gasteiger partial charge on any atom is -0.374 e. The summed E-state index contributed by atoms with van der Waals surface area (Å²) in [6.07, 6.45) is 8.57. The van der Waals surface area contributed by atoms with Crippen molar-refractivity contribution in [2.75, 3.05) is 23.3 Å². The number of carbonyl (C=O) groups excluding carboxylic acids is 1. The van der Waals surface area contributed by atoms with Crippen LogP contribution in [0.5, 0.6) is 0 Å². The number of benzene rings is 1. The molecule has 0 spiro atoms. The fourth-order valence-corrected chi connectivity index (χ4v) is 4.98. The third-order valence-corrected chi connectivity index (χ3v) is 6.62. The Morgan fingerprint density at radius 1 is 1.19 bits per heavy atom. The number of rotatable bonds is 7. The van der Waals surface area contributed by atoms with E-state index in [-0.39, 0.29) is 18.0 Å². The Morgan fingerprint density at radius 2 is 2.00 bits per heavy atom. The lowest BCUT2D eigenvalue weighted by Crippen LogP contribution is -2.52. The number of amides is 1. The zero-order chi connectivity index (χ0) is 22.1. The molecule has 0 radical (unpaired) electrons. The number of carbonyl (C=O) groups is 1. The van der Waals surface area contributed by atoms with E-state index in [9.17, 15) is 4.79 Å². The average Bonchev–Trinajstić information content (AvgIpc) is 3.45. The summed E-state index contributed by atoms with van der Waals surface area (Å²) in [7, 11) is 0. The number of hydrogen-bond donors (Lipinski definition) is 3. The first-order valence-electron chi connectivity index (χ1n) is 11.1. The molecule has 3 aromatic rings. The normalized spacial score (nSPS) is 19.7. The minimum atomic E-state index is -0.317. The zero-order valence-corrected chi connectivity index (χ0v) is 19.2. The molecule has 2 atom stereocenters. The smallest absolute Gasteiger partial charge is 0.242 e. The molecular weight excluding hydrogens is 447 g/mol. The van der Waals surface area contributed by atoms with Gasteiger partial charge in [-0.25, -0.2) is 9.97 Å². The number of anilines is 2. The molecule has 0 bridgehead atoms. The molecule has 3 N–H and O–H groups in total. The number of fused-ring (bicyclic) bond motifs is 1. The summed E-state index contributed by atoms with van der Waals surface area (Å²) in [6.45, 7) is 1.64. The van der Waals surface area contributed by atoms with Crippen molar-refractivity contribution in [2.45, 2.75) is 44.2 Å². The van der Waals surface area contributed by atoms with Gasteiger partial charge >= 0.3 is 0 Å². The third-order valence-electron chi connectivity index (χ3n) is 6.19. The van der Waals surface area contributed by atoms with Crippen LogP contribution in [0, 0.1) is 5.92 Å². The molecule has 2 aliphatic rings. The van der Waals surface area contributed by atoms with Crippen LogP contribution in [-0.4, -0.2) is 46.0 Å². The number of nitrogens with one attached hydrogen (secondary N) is 3. The predicted octanol–water partition coefficient (Wildman–Crippen LogP) is 4.63. The number of aromatic amines is 1. The van der Waals surface area contributed by atoms with Crippen molar-refractivity contribution in [1.29, 1.82) is 0 Å². The Hall–Kier alpha value is -2.51. The first kappa shape index (κ1) is 21.3. The third kappa shape index (κ3) is 4.94. The zero-order valence-electron chi connectivity index (χ0n) is 17.7. The monoisotopic (exact) mass is 472 g/mol. The maximum absolute atomic E-state index is 13.3. The van der Waals surface area contributed by atoms with E-state index in [1.165, 1.54) is 12.8 Å². The van der Waals surface area contributed by atoms with Crippen LogP contribution in [0.3, 0.4) is 0 Å². The fraction of sp³-hybridized carbons (Fsp3) is 0.435. The lowest BCUT2D eigenvalue weighted by atomic mass is 10.0. The van der Waals surface area contributed by atoms with E-state index in [0.717, 1.165) is 54.9 Å². The molecular formula is C23H26Cl2N6O. The van der Waals surface area contributed by atoms with Crippen LogP contribution in [0.2, 0.25) is 10.0 Å². The van der Waals surface area contributed by atoms with E-state index in [4.69, 9.17) is 23.2 Å². The van der Waals surface area contributed by atoms with Crippen LogP contribution < -0.4 is 15.5 Å². The summed E-state index contributed by atoms with van der Waals surface area (Å²) in [4.78, 5) is 27.5. The summed E-state index contributed by atoms with van der Waals surface area (Å²) >= 11 is 12.3. The van der Waals surface area contributed by atoms with Gasteiger partial charge in [-0.1, -0.05) is 36.0 Å². The minimum absolute atomic E-state index is 0.0225. The lowest BCUT2D eigenvalue weighted by Gasteiger charge is -2.35. The lowest BCUT2D eigenvalue weighted by molar-refractivity contribution is -0.122. The van der Waals surface area contributed by atoms with E-state index in [0.29, 0.717) is 16.0 Å². The van der Waals surface area contributed by atoms with E-state index in [1.807, 2.05) is 12.3 Å². The second-order valence-corrected chi connectivity index (χ2v) is 9.64. The number of H-pyrrole nitrogens is 1. The van der Waals surface area contributed by atoms with Crippen molar-refractivity contribution >= 4 is 51.6 Å². The first-order valence-corrected chi connectivity index (χ1v) is 11.9. The second-order valence-electron chi connectivity index (χ2n) is 8.77. The van der Waals surface area contributed by atoms with Gasteiger partial charge < -0.3 is 20.5 Å². The van der Waals surface area contributed by atoms with Gasteiger partial charge in [0.05, 0.1) is 5.39 Å². The van der Waals surface area contributed by atoms with E-state index in [2.05, 4.69) is 30.5 Å². The van der Waals surface area contributed by atoms with Gasteiger partial charge in [-0.2, -0.15) is 0 Å². The highest BCUT2D eigenvalue weighted by Crippen LogP contribution is 2.35. The quantitative estimate of drug-likeness (QED) is 0.466. The van der Waals surface area contributed by atoms with Gasteiger partial charge in [0, 0.05) is 41.1 Å². The summed E-state index contributed by atoms with van der Waals surface area (Å²) in [6, 6.07) is 7.04. The molecule has 9 heteroatoms.